The van der Waals surface area contributed by atoms with Crippen LogP contribution in [-0.2, 0) is 20.0 Å². The SMILES string of the molecule is Cn1ccc2c1Cc1ccccc1N(C(=O)c1cccc(Br)c1)C2. The van der Waals surface area contributed by atoms with Gasteiger partial charge in [-0.15, -0.1) is 0 Å². The fraction of sp³-hybridized carbons (Fsp3) is 0.150. The lowest BCUT2D eigenvalue weighted by molar-refractivity contribution is 0.0985. The summed E-state index contributed by atoms with van der Waals surface area (Å²) < 4.78 is 3.07. The minimum Gasteiger partial charge on any atom is -0.354 e. The Balaban J connectivity index is 1.83. The number of benzene rings is 2. The molecule has 24 heavy (non-hydrogen) atoms. The molecule has 0 fully saturated rings. The van der Waals surface area contributed by atoms with Crippen LogP contribution in [0.25, 0.3) is 0 Å². The second-order valence-electron chi connectivity index (χ2n) is 6.11. The zero-order valence-electron chi connectivity index (χ0n) is 13.4. The average Bonchev–Trinajstić information content (AvgIpc) is 2.84. The van der Waals surface area contributed by atoms with Crippen LogP contribution in [0, 0.1) is 0 Å². The molecule has 3 aromatic rings. The Bertz CT molecular complexity index is 929. The van der Waals surface area contributed by atoms with Gasteiger partial charge in [0.2, 0.25) is 0 Å². The molecule has 0 saturated heterocycles. The number of nitrogens with zero attached hydrogens (tertiary/aromatic N) is 2. The Morgan fingerprint density at radius 1 is 1.04 bits per heavy atom. The lowest BCUT2D eigenvalue weighted by Gasteiger charge is -2.23. The number of hydrogen-bond donors (Lipinski definition) is 0. The molecule has 1 aliphatic heterocycles. The van der Waals surface area contributed by atoms with Gasteiger partial charge in [0, 0.05) is 41.1 Å². The molecule has 0 aliphatic carbocycles. The van der Waals surface area contributed by atoms with Crippen molar-refractivity contribution in [2.75, 3.05) is 4.90 Å². The van der Waals surface area contributed by atoms with Gasteiger partial charge in [-0.1, -0.05) is 40.2 Å². The normalized spacial score (nSPS) is 13.2. The smallest absolute Gasteiger partial charge is 0.258 e. The fourth-order valence-electron chi connectivity index (χ4n) is 3.31. The number of amides is 1. The molecular weight excluding hydrogens is 364 g/mol. The minimum atomic E-state index is 0.0282. The second kappa shape index (κ2) is 5.95. The van der Waals surface area contributed by atoms with Crippen LogP contribution in [0.5, 0.6) is 0 Å². The van der Waals surface area contributed by atoms with E-state index in [0.717, 1.165) is 16.6 Å². The highest BCUT2D eigenvalue weighted by Gasteiger charge is 2.26. The van der Waals surface area contributed by atoms with E-state index in [1.165, 1.54) is 16.8 Å². The van der Waals surface area contributed by atoms with Crippen molar-refractivity contribution in [3.8, 4) is 0 Å². The summed E-state index contributed by atoms with van der Waals surface area (Å²) in [5, 5.41) is 0. The molecule has 4 rings (SSSR count). The summed E-state index contributed by atoms with van der Waals surface area (Å²) in [7, 11) is 2.06. The van der Waals surface area contributed by atoms with Gasteiger partial charge in [0.1, 0.15) is 0 Å². The molecule has 4 heteroatoms. The number of fused-ring (bicyclic) bond motifs is 2. The van der Waals surface area contributed by atoms with Crippen molar-refractivity contribution in [2.24, 2.45) is 7.05 Å². The van der Waals surface area contributed by atoms with E-state index in [0.29, 0.717) is 12.1 Å². The minimum absolute atomic E-state index is 0.0282. The third kappa shape index (κ3) is 2.57. The first kappa shape index (κ1) is 15.2. The van der Waals surface area contributed by atoms with Gasteiger partial charge in [0.25, 0.3) is 5.91 Å². The molecule has 0 unspecified atom stereocenters. The van der Waals surface area contributed by atoms with Crippen molar-refractivity contribution < 1.29 is 4.79 Å². The van der Waals surface area contributed by atoms with Gasteiger partial charge in [0.15, 0.2) is 0 Å². The second-order valence-corrected chi connectivity index (χ2v) is 7.02. The zero-order chi connectivity index (χ0) is 16.7. The van der Waals surface area contributed by atoms with E-state index in [1.54, 1.807) is 0 Å². The predicted octanol–water partition coefficient (Wildman–Crippen LogP) is 4.54. The van der Waals surface area contributed by atoms with Crippen LogP contribution in [0.15, 0.2) is 65.3 Å². The first-order valence-electron chi connectivity index (χ1n) is 7.92. The predicted molar refractivity (Wildman–Crippen MR) is 99.3 cm³/mol. The zero-order valence-corrected chi connectivity index (χ0v) is 15.0. The van der Waals surface area contributed by atoms with Gasteiger partial charge in [0.05, 0.1) is 6.54 Å². The molecule has 120 valence electrons. The molecule has 0 spiro atoms. The first-order chi connectivity index (χ1) is 11.6. The molecule has 2 aromatic carbocycles. The summed E-state index contributed by atoms with van der Waals surface area (Å²) in [6, 6.07) is 17.9. The molecule has 0 atom stereocenters. The number of carbonyl (C=O) groups excluding carboxylic acids is 1. The van der Waals surface area contributed by atoms with E-state index in [4.69, 9.17) is 0 Å². The number of hydrogen-bond acceptors (Lipinski definition) is 1. The van der Waals surface area contributed by atoms with E-state index >= 15 is 0 Å². The molecule has 1 aromatic heterocycles. The molecule has 0 saturated carbocycles. The molecule has 2 heterocycles. The third-order valence-corrected chi connectivity index (χ3v) is 5.07. The van der Waals surface area contributed by atoms with E-state index < -0.39 is 0 Å². The van der Waals surface area contributed by atoms with Gasteiger partial charge in [-0.25, -0.2) is 0 Å². The Morgan fingerprint density at radius 2 is 1.88 bits per heavy atom. The van der Waals surface area contributed by atoms with Crippen LogP contribution in [0.4, 0.5) is 5.69 Å². The lowest BCUT2D eigenvalue weighted by Crippen LogP contribution is -2.30. The highest BCUT2D eigenvalue weighted by molar-refractivity contribution is 9.10. The number of para-hydroxylation sites is 1. The molecule has 0 radical (unpaired) electrons. The maximum Gasteiger partial charge on any atom is 0.258 e. The van der Waals surface area contributed by atoms with Gasteiger partial charge < -0.3 is 9.47 Å². The fourth-order valence-corrected chi connectivity index (χ4v) is 3.71. The summed E-state index contributed by atoms with van der Waals surface area (Å²) in [6.07, 6.45) is 2.91. The highest BCUT2D eigenvalue weighted by atomic mass is 79.9. The summed E-state index contributed by atoms with van der Waals surface area (Å²) in [4.78, 5) is 15.1. The average molecular weight is 381 g/mol. The van der Waals surface area contributed by atoms with Gasteiger partial charge >= 0.3 is 0 Å². The van der Waals surface area contributed by atoms with E-state index in [-0.39, 0.29) is 5.91 Å². The third-order valence-electron chi connectivity index (χ3n) is 4.58. The summed E-state index contributed by atoms with van der Waals surface area (Å²) in [5.74, 6) is 0.0282. The summed E-state index contributed by atoms with van der Waals surface area (Å²) >= 11 is 3.46. The number of aromatic nitrogens is 1. The Hall–Kier alpha value is -2.33. The van der Waals surface area contributed by atoms with Crippen molar-refractivity contribution in [1.29, 1.82) is 0 Å². The largest absolute Gasteiger partial charge is 0.354 e. The van der Waals surface area contributed by atoms with Crippen LogP contribution < -0.4 is 4.90 Å². The number of aryl methyl sites for hydroxylation is 1. The van der Waals surface area contributed by atoms with Crippen LogP contribution in [0.1, 0.15) is 27.2 Å². The maximum atomic E-state index is 13.2. The van der Waals surface area contributed by atoms with Crippen LogP contribution in [-0.4, -0.2) is 10.5 Å². The summed E-state index contributed by atoms with van der Waals surface area (Å²) in [5.41, 5.74) is 5.35. The van der Waals surface area contributed by atoms with E-state index in [1.807, 2.05) is 47.4 Å². The maximum absolute atomic E-state index is 13.2. The quantitative estimate of drug-likeness (QED) is 0.608. The molecule has 1 aliphatic rings. The molecule has 1 amide bonds. The van der Waals surface area contributed by atoms with Crippen LogP contribution >= 0.6 is 15.9 Å². The Kier molecular flexibility index (Phi) is 3.77. The van der Waals surface area contributed by atoms with Gasteiger partial charge in [-0.3, -0.25) is 4.79 Å². The van der Waals surface area contributed by atoms with Crippen LogP contribution in [0.3, 0.4) is 0 Å². The van der Waals surface area contributed by atoms with E-state index in [9.17, 15) is 4.79 Å². The lowest BCUT2D eigenvalue weighted by atomic mass is 10.1. The summed E-state index contributed by atoms with van der Waals surface area (Å²) in [6.45, 7) is 0.596. The number of anilines is 1. The van der Waals surface area contributed by atoms with Crippen LogP contribution in [0.2, 0.25) is 0 Å². The van der Waals surface area contributed by atoms with Crippen molar-refractivity contribution in [2.45, 2.75) is 13.0 Å². The van der Waals surface area contributed by atoms with Gasteiger partial charge in [-0.05, 0) is 41.5 Å². The Labute approximate surface area is 149 Å². The van der Waals surface area contributed by atoms with Gasteiger partial charge in [-0.2, -0.15) is 0 Å². The van der Waals surface area contributed by atoms with Crippen molar-refractivity contribution in [3.63, 3.8) is 0 Å². The highest BCUT2D eigenvalue weighted by Crippen LogP contribution is 2.32. The van der Waals surface area contributed by atoms with Crippen molar-refractivity contribution in [1.82, 2.24) is 4.57 Å². The number of carbonyl (C=O) groups is 1. The van der Waals surface area contributed by atoms with E-state index in [2.05, 4.69) is 45.9 Å². The molecule has 3 nitrogen and oxygen atoms in total. The topological polar surface area (TPSA) is 25.2 Å². The van der Waals surface area contributed by atoms with Crippen molar-refractivity contribution in [3.05, 3.63) is 87.7 Å². The number of rotatable bonds is 1. The molecule has 0 N–H and O–H groups in total. The van der Waals surface area contributed by atoms with Crippen molar-refractivity contribution >= 4 is 27.5 Å². The first-order valence-corrected chi connectivity index (χ1v) is 8.71. The number of halogens is 1. The monoisotopic (exact) mass is 380 g/mol. The molecular formula is C20H17BrN2O. The standard InChI is InChI=1S/C20H17BrN2O/c1-22-10-9-16-13-23(20(24)15-6-4-7-17(21)11-15)18-8-3-2-5-14(18)12-19(16)22/h2-11H,12-13H2,1H3. The Morgan fingerprint density at radius 3 is 2.71 bits per heavy atom. The molecule has 0 bridgehead atoms.